The van der Waals surface area contributed by atoms with Gasteiger partial charge in [0.2, 0.25) is 0 Å². The van der Waals surface area contributed by atoms with Crippen LogP contribution in [0.4, 0.5) is 0 Å². The van der Waals surface area contributed by atoms with Crippen molar-refractivity contribution in [2.45, 2.75) is 97.1 Å². The second-order valence-corrected chi connectivity index (χ2v) is 10.5. The van der Waals surface area contributed by atoms with E-state index >= 15 is 0 Å². The van der Waals surface area contributed by atoms with Gasteiger partial charge in [-0.3, -0.25) is 9.79 Å². The Balaban J connectivity index is 1.39. The molecule has 0 amide bonds. The molecule has 0 heterocycles. The maximum absolute atomic E-state index is 11.4. The summed E-state index contributed by atoms with van der Waals surface area (Å²) in [6.45, 7) is 6.61. The number of allylic oxidation sites excluding steroid dienone is 1. The van der Waals surface area contributed by atoms with Crippen LogP contribution in [0.2, 0.25) is 0 Å². The molecule has 0 N–H and O–H groups in total. The Kier molecular flexibility index (Phi) is 4.11. The van der Waals surface area contributed by atoms with Crippen LogP contribution in [0.3, 0.4) is 0 Å². The van der Waals surface area contributed by atoms with Crippen molar-refractivity contribution in [2.75, 3.05) is 0 Å². The Morgan fingerprint density at radius 1 is 1.07 bits per heavy atom. The number of carbonyl (C=O) groups is 1. The van der Waals surface area contributed by atoms with Gasteiger partial charge >= 0.3 is 5.97 Å². The van der Waals surface area contributed by atoms with Gasteiger partial charge in [-0.05, 0) is 81.0 Å². The number of fused-ring (bicyclic) bond motifs is 5. The van der Waals surface area contributed by atoms with Gasteiger partial charge in [-0.15, -0.1) is 0 Å². The molecule has 0 aromatic rings. The molecule has 0 bridgehead atoms. The van der Waals surface area contributed by atoms with Crippen molar-refractivity contribution in [1.29, 1.82) is 0 Å². The predicted molar refractivity (Wildman–Crippen MR) is 108 cm³/mol. The molecular formula is C24H35NO2. The first-order chi connectivity index (χ1) is 12.9. The van der Waals surface area contributed by atoms with E-state index in [9.17, 15) is 4.79 Å². The van der Waals surface area contributed by atoms with E-state index in [4.69, 9.17) is 9.73 Å². The van der Waals surface area contributed by atoms with Gasteiger partial charge in [0.15, 0.2) is 0 Å². The van der Waals surface area contributed by atoms with Crippen LogP contribution in [-0.4, -0.2) is 23.8 Å². The maximum atomic E-state index is 11.4. The second kappa shape index (κ2) is 6.19. The molecule has 6 atom stereocenters. The molecule has 0 aromatic heterocycles. The van der Waals surface area contributed by atoms with Crippen LogP contribution in [0, 0.1) is 28.6 Å². The quantitative estimate of drug-likeness (QED) is 0.477. The van der Waals surface area contributed by atoms with Gasteiger partial charge in [0.1, 0.15) is 6.10 Å². The van der Waals surface area contributed by atoms with Gasteiger partial charge in [0.25, 0.3) is 0 Å². The molecule has 0 saturated heterocycles. The van der Waals surface area contributed by atoms with Crippen molar-refractivity contribution in [1.82, 2.24) is 0 Å². The topological polar surface area (TPSA) is 38.7 Å². The number of rotatable bonds is 2. The number of ether oxygens (including phenoxy) is 1. The summed E-state index contributed by atoms with van der Waals surface area (Å²) >= 11 is 0. The predicted octanol–water partition coefficient (Wildman–Crippen LogP) is 5.48. The zero-order chi connectivity index (χ0) is 18.8. The van der Waals surface area contributed by atoms with E-state index < -0.39 is 0 Å². The van der Waals surface area contributed by atoms with E-state index in [0.717, 1.165) is 30.6 Å². The first-order valence-electron chi connectivity index (χ1n) is 11.3. The summed E-state index contributed by atoms with van der Waals surface area (Å²) < 4.78 is 5.57. The molecule has 27 heavy (non-hydrogen) atoms. The van der Waals surface area contributed by atoms with Crippen LogP contribution in [0.1, 0.15) is 85.0 Å². The number of hydrogen-bond acceptors (Lipinski definition) is 3. The van der Waals surface area contributed by atoms with E-state index in [0.29, 0.717) is 16.9 Å². The molecule has 4 saturated carbocycles. The summed E-state index contributed by atoms with van der Waals surface area (Å²) in [6, 6.07) is 0.667. The van der Waals surface area contributed by atoms with Gasteiger partial charge in [-0.2, -0.15) is 0 Å². The Bertz CT molecular complexity index is 705. The minimum atomic E-state index is -0.125. The highest BCUT2D eigenvalue weighted by Gasteiger charge is 2.58. The SMILES string of the molecule is CC(=O)OC1CC[C@@]2(C)C(=CC[C@@H]3[C@H]2CC[C@]2(C)C(=NC4CC4)CC[C@@H]32)C1. The molecule has 3 nitrogen and oxygen atoms in total. The Morgan fingerprint density at radius 3 is 2.56 bits per heavy atom. The number of esters is 1. The third-order valence-electron chi connectivity index (χ3n) is 9.02. The number of hydrogen-bond donors (Lipinski definition) is 0. The van der Waals surface area contributed by atoms with E-state index in [1.54, 1.807) is 18.2 Å². The largest absolute Gasteiger partial charge is 0.462 e. The average molecular weight is 370 g/mol. The molecule has 0 radical (unpaired) electrons. The molecule has 5 aliphatic carbocycles. The summed E-state index contributed by atoms with van der Waals surface area (Å²) in [4.78, 5) is 16.6. The second-order valence-electron chi connectivity index (χ2n) is 10.5. The molecule has 0 aromatic carbocycles. The van der Waals surface area contributed by atoms with Gasteiger partial charge in [0.05, 0.1) is 6.04 Å². The summed E-state index contributed by atoms with van der Waals surface area (Å²) in [5, 5.41) is 0. The van der Waals surface area contributed by atoms with Crippen molar-refractivity contribution < 1.29 is 9.53 Å². The third kappa shape index (κ3) is 2.83. The normalized spacial score (nSPS) is 47.7. The van der Waals surface area contributed by atoms with E-state index in [-0.39, 0.29) is 12.1 Å². The van der Waals surface area contributed by atoms with Crippen molar-refractivity contribution in [3.05, 3.63) is 11.6 Å². The van der Waals surface area contributed by atoms with Gasteiger partial charge < -0.3 is 4.74 Å². The summed E-state index contributed by atoms with van der Waals surface area (Å²) in [6.07, 6.45) is 15.0. The van der Waals surface area contributed by atoms with Gasteiger partial charge in [-0.25, -0.2) is 0 Å². The maximum Gasteiger partial charge on any atom is 0.302 e. The van der Waals surface area contributed by atoms with E-state index in [1.165, 1.54) is 51.4 Å². The first-order valence-corrected chi connectivity index (χ1v) is 11.3. The molecule has 3 heteroatoms. The summed E-state index contributed by atoms with van der Waals surface area (Å²) in [5.41, 5.74) is 3.87. The van der Waals surface area contributed by atoms with Crippen LogP contribution in [0.15, 0.2) is 16.6 Å². The minimum Gasteiger partial charge on any atom is -0.462 e. The lowest BCUT2D eigenvalue weighted by molar-refractivity contribution is -0.148. The Morgan fingerprint density at radius 2 is 1.81 bits per heavy atom. The van der Waals surface area contributed by atoms with Crippen LogP contribution in [0.5, 0.6) is 0 Å². The summed E-state index contributed by atoms with van der Waals surface area (Å²) in [5.74, 6) is 2.35. The summed E-state index contributed by atoms with van der Waals surface area (Å²) in [7, 11) is 0. The van der Waals surface area contributed by atoms with Crippen LogP contribution in [0.25, 0.3) is 0 Å². The highest BCUT2D eigenvalue weighted by atomic mass is 16.5. The van der Waals surface area contributed by atoms with Crippen LogP contribution in [-0.2, 0) is 9.53 Å². The van der Waals surface area contributed by atoms with E-state index in [2.05, 4.69) is 19.9 Å². The van der Waals surface area contributed by atoms with Crippen LogP contribution < -0.4 is 0 Å². The lowest BCUT2D eigenvalue weighted by Crippen LogP contribution is -2.50. The number of aliphatic imine (C=N–C) groups is 1. The molecule has 1 unspecified atom stereocenters. The molecule has 4 fully saturated rings. The zero-order valence-corrected chi connectivity index (χ0v) is 17.3. The minimum absolute atomic E-state index is 0.107. The first kappa shape index (κ1) is 17.9. The standard InChI is InChI=1S/C24H35NO2/c1-15(26)27-18-10-12-23(2)16(14-18)4-7-19-20-8-9-22(25-17-5-6-17)24(20,3)13-11-21(19)23/h4,17-21H,5-14H2,1-3H3/t18?,19-,20-,21+,23-,24-/m0/s1. The Labute approximate surface area is 164 Å². The highest BCUT2D eigenvalue weighted by molar-refractivity contribution is 5.92. The average Bonchev–Trinajstić information content (AvgIpc) is 3.37. The highest BCUT2D eigenvalue weighted by Crippen LogP contribution is 2.64. The lowest BCUT2D eigenvalue weighted by Gasteiger charge is -2.57. The van der Waals surface area contributed by atoms with Gasteiger partial charge in [-0.1, -0.05) is 25.5 Å². The van der Waals surface area contributed by atoms with Crippen molar-refractivity contribution in [3.8, 4) is 0 Å². The fourth-order valence-corrected chi connectivity index (χ4v) is 7.39. The fourth-order valence-electron chi connectivity index (χ4n) is 7.39. The van der Waals surface area contributed by atoms with Crippen LogP contribution >= 0.6 is 0 Å². The molecule has 148 valence electrons. The number of nitrogens with zero attached hydrogens (tertiary/aromatic N) is 1. The lowest BCUT2D eigenvalue weighted by atomic mass is 9.48. The van der Waals surface area contributed by atoms with Crippen molar-refractivity contribution in [3.63, 3.8) is 0 Å². The molecule has 0 spiro atoms. The zero-order valence-electron chi connectivity index (χ0n) is 17.3. The van der Waals surface area contributed by atoms with Gasteiger partial charge in [0, 0.05) is 24.5 Å². The Hall–Kier alpha value is -1.12. The molecule has 0 aliphatic heterocycles. The number of carbonyl (C=O) groups excluding carboxylic acids is 1. The third-order valence-corrected chi connectivity index (χ3v) is 9.02. The van der Waals surface area contributed by atoms with Crippen molar-refractivity contribution in [2.24, 2.45) is 33.6 Å². The van der Waals surface area contributed by atoms with Crippen molar-refractivity contribution >= 4 is 11.7 Å². The molecule has 5 rings (SSSR count). The smallest absolute Gasteiger partial charge is 0.302 e. The molecular weight excluding hydrogens is 334 g/mol. The fraction of sp³-hybridized carbons (Fsp3) is 0.833. The molecule has 5 aliphatic rings. The van der Waals surface area contributed by atoms with E-state index in [1.807, 2.05) is 0 Å². The monoisotopic (exact) mass is 369 g/mol.